The van der Waals surface area contributed by atoms with Gasteiger partial charge in [-0.05, 0) is 18.9 Å². The Morgan fingerprint density at radius 1 is 1.25 bits per heavy atom. The number of hydrogen-bond donors (Lipinski definition) is 0. The van der Waals surface area contributed by atoms with Crippen LogP contribution in [0.25, 0.3) is 0 Å². The molecule has 1 aromatic carbocycles. The van der Waals surface area contributed by atoms with Gasteiger partial charge in [-0.1, -0.05) is 49.4 Å². The zero-order valence-corrected chi connectivity index (χ0v) is 7.83. The minimum atomic E-state index is 0.594. The molecule has 0 amide bonds. The molecule has 1 aromatic rings. The van der Waals surface area contributed by atoms with E-state index >= 15 is 0 Å². The maximum Gasteiger partial charge on any atom is 0.00152 e. The number of benzene rings is 1. The summed E-state index contributed by atoms with van der Waals surface area (Å²) >= 11 is 0. The molecule has 0 spiro atoms. The van der Waals surface area contributed by atoms with Crippen LogP contribution in [-0.2, 0) is 0 Å². The molecule has 0 fully saturated rings. The van der Waals surface area contributed by atoms with Crippen molar-refractivity contribution in [1.29, 1.82) is 0 Å². The molecule has 0 saturated heterocycles. The van der Waals surface area contributed by atoms with Gasteiger partial charge >= 0.3 is 0 Å². The molecule has 0 unspecified atom stereocenters. The summed E-state index contributed by atoms with van der Waals surface area (Å²) < 4.78 is 0. The average molecular weight is 160 g/mol. The van der Waals surface area contributed by atoms with Crippen molar-refractivity contribution in [3.05, 3.63) is 48.0 Å². The van der Waals surface area contributed by atoms with Crippen LogP contribution in [0.1, 0.15) is 31.7 Å². The molecule has 0 nitrogen and oxygen atoms in total. The van der Waals surface area contributed by atoms with Gasteiger partial charge in [0.05, 0.1) is 0 Å². The van der Waals surface area contributed by atoms with E-state index in [1.807, 2.05) is 0 Å². The van der Waals surface area contributed by atoms with Gasteiger partial charge in [0.15, 0.2) is 0 Å². The Kier molecular flexibility index (Phi) is 3.59. The van der Waals surface area contributed by atoms with Gasteiger partial charge in [0.2, 0.25) is 0 Å². The first kappa shape index (κ1) is 9.05. The van der Waals surface area contributed by atoms with Gasteiger partial charge in [-0.2, -0.15) is 0 Å². The SMILES string of the molecule is C/C=C/[C@@H](CC)c1ccccc1. The van der Waals surface area contributed by atoms with Crippen LogP contribution in [-0.4, -0.2) is 0 Å². The molecular weight excluding hydrogens is 144 g/mol. The lowest BCUT2D eigenvalue weighted by Gasteiger charge is -2.09. The first-order valence-corrected chi connectivity index (χ1v) is 4.56. The summed E-state index contributed by atoms with van der Waals surface area (Å²) in [5, 5.41) is 0. The van der Waals surface area contributed by atoms with Gasteiger partial charge in [-0.25, -0.2) is 0 Å². The van der Waals surface area contributed by atoms with E-state index in [0.717, 1.165) is 0 Å². The summed E-state index contributed by atoms with van der Waals surface area (Å²) in [4.78, 5) is 0. The maximum atomic E-state index is 2.26. The first-order chi connectivity index (χ1) is 5.88. The standard InChI is InChI=1S/C12H16/c1-3-8-11(4-2)12-9-6-5-7-10-12/h3,5-11H,4H2,1-2H3/b8-3+/t11-/m1/s1. The van der Waals surface area contributed by atoms with E-state index in [1.54, 1.807) is 0 Å². The molecule has 0 aliphatic carbocycles. The van der Waals surface area contributed by atoms with E-state index < -0.39 is 0 Å². The lowest BCUT2D eigenvalue weighted by atomic mass is 9.96. The van der Waals surface area contributed by atoms with E-state index in [2.05, 4.69) is 56.3 Å². The molecule has 0 aliphatic heterocycles. The summed E-state index contributed by atoms with van der Waals surface area (Å²) in [5.41, 5.74) is 1.41. The summed E-state index contributed by atoms with van der Waals surface area (Å²) in [6, 6.07) is 10.6. The van der Waals surface area contributed by atoms with Gasteiger partial charge in [-0.15, -0.1) is 0 Å². The highest BCUT2D eigenvalue weighted by Crippen LogP contribution is 2.19. The fourth-order valence-electron chi connectivity index (χ4n) is 1.42. The fraction of sp³-hybridized carbons (Fsp3) is 0.333. The Labute approximate surface area is 74.9 Å². The van der Waals surface area contributed by atoms with E-state index in [0.29, 0.717) is 5.92 Å². The lowest BCUT2D eigenvalue weighted by Crippen LogP contribution is -1.91. The average Bonchev–Trinajstić information content (AvgIpc) is 2.15. The maximum absolute atomic E-state index is 2.26. The van der Waals surface area contributed by atoms with Crippen LogP contribution in [0.2, 0.25) is 0 Å². The Bertz CT molecular complexity index is 233. The molecule has 64 valence electrons. The van der Waals surface area contributed by atoms with Crippen molar-refractivity contribution >= 4 is 0 Å². The van der Waals surface area contributed by atoms with Crippen molar-refractivity contribution in [3.8, 4) is 0 Å². The quantitative estimate of drug-likeness (QED) is 0.591. The Morgan fingerprint density at radius 2 is 1.92 bits per heavy atom. The lowest BCUT2D eigenvalue weighted by molar-refractivity contribution is 0.804. The second kappa shape index (κ2) is 4.76. The van der Waals surface area contributed by atoms with Crippen molar-refractivity contribution in [2.45, 2.75) is 26.2 Å². The van der Waals surface area contributed by atoms with Crippen LogP contribution in [0, 0.1) is 0 Å². The van der Waals surface area contributed by atoms with Gasteiger partial charge in [-0.3, -0.25) is 0 Å². The van der Waals surface area contributed by atoms with Crippen LogP contribution in [0.15, 0.2) is 42.5 Å². The normalized spacial score (nSPS) is 13.5. The van der Waals surface area contributed by atoms with Crippen LogP contribution >= 0.6 is 0 Å². The van der Waals surface area contributed by atoms with Crippen molar-refractivity contribution in [1.82, 2.24) is 0 Å². The number of rotatable bonds is 3. The smallest absolute Gasteiger partial charge is 0.00152 e. The van der Waals surface area contributed by atoms with Crippen molar-refractivity contribution in [2.75, 3.05) is 0 Å². The highest BCUT2D eigenvalue weighted by atomic mass is 14.1. The van der Waals surface area contributed by atoms with Gasteiger partial charge in [0.25, 0.3) is 0 Å². The third-order valence-electron chi connectivity index (χ3n) is 2.09. The van der Waals surface area contributed by atoms with Crippen molar-refractivity contribution in [2.24, 2.45) is 0 Å². The second-order valence-electron chi connectivity index (χ2n) is 2.95. The highest BCUT2D eigenvalue weighted by molar-refractivity contribution is 5.23. The summed E-state index contributed by atoms with van der Waals surface area (Å²) in [7, 11) is 0. The molecule has 0 saturated carbocycles. The Balaban J connectivity index is 2.80. The Morgan fingerprint density at radius 3 is 2.42 bits per heavy atom. The van der Waals surface area contributed by atoms with Crippen molar-refractivity contribution in [3.63, 3.8) is 0 Å². The molecule has 0 radical (unpaired) electrons. The molecule has 0 bridgehead atoms. The van der Waals surface area contributed by atoms with Crippen LogP contribution < -0.4 is 0 Å². The van der Waals surface area contributed by atoms with E-state index in [9.17, 15) is 0 Å². The predicted octanol–water partition coefficient (Wildman–Crippen LogP) is 3.76. The zero-order valence-electron chi connectivity index (χ0n) is 7.83. The predicted molar refractivity (Wildman–Crippen MR) is 54.3 cm³/mol. The molecule has 0 heteroatoms. The van der Waals surface area contributed by atoms with Crippen molar-refractivity contribution < 1.29 is 0 Å². The van der Waals surface area contributed by atoms with E-state index in [4.69, 9.17) is 0 Å². The summed E-state index contributed by atoms with van der Waals surface area (Å²) in [5.74, 6) is 0.594. The minimum Gasteiger partial charge on any atom is -0.0910 e. The molecule has 0 aromatic heterocycles. The monoisotopic (exact) mass is 160 g/mol. The molecule has 0 N–H and O–H groups in total. The Hall–Kier alpha value is -1.04. The minimum absolute atomic E-state index is 0.594. The van der Waals surface area contributed by atoms with Crippen LogP contribution in [0.5, 0.6) is 0 Å². The second-order valence-corrected chi connectivity index (χ2v) is 2.95. The fourth-order valence-corrected chi connectivity index (χ4v) is 1.42. The molecular formula is C12H16. The number of allylic oxidation sites excluding steroid dienone is 2. The van der Waals surface area contributed by atoms with E-state index in [-0.39, 0.29) is 0 Å². The largest absolute Gasteiger partial charge is 0.0910 e. The summed E-state index contributed by atoms with van der Waals surface area (Å²) in [6.45, 7) is 4.29. The topological polar surface area (TPSA) is 0 Å². The van der Waals surface area contributed by atoms with E-state index in [1.165, 1.54) is 12.0 Å². The summed E-state index contributed by atoms with van der Waals surface area (Å²) in [6.07, 6.45) is 5.56. The molecule has 12 heavy (non-hydrogen) atoms. The van der Waals surface area contributed by atoms with Gasteiger partial charge in [0, 0.05) is 5.92 Å². The highest BCUT2D eigenvalue weighted by Gasteiger charge is 2.02. The van der Waals surface area contributed by atoms with Gasteiger partial charge in [0.1, 0.15) is 0 Å². The zero-order chi connectivity index (χ0) is 8.81. The van der Waals surface area contributed by atoms with Crippen LogP contribution in [0.4, 0.5) is 0 Å². The van der Waals surface area contributed by atoms with Crippen LogP contribution in [0.3, 0.4) is 0 Å². The first-order valence-electron chi connectivity index (χ1n) is 4.56. The molecule has 1 rings (SSSR count). The molecule has 1 atom stereocenters. The third kappa shape index (κ3) is 2.23. The van der Waals surface area contributed by atoms with Gasteiger partial charge < -0.3 is 0 Å². The number of hydrogen-bond acceptors (Lipinski definition) is 0. The molecule has 0 heterocycles. The molecule has 0 aliphatic rings. The third-order valence-corrected chi connectivity index (χ3v) is 2.09.